The maximum Gasteiger partial charge on any atom is 0.161 e. The second-order valence-electron chi connectivity index (χ2n) is 4.71. The van der Waals surface area contributed by atoms with Crippen LogP contribution in [0.5, 0.6) is 11.5 Å². The van der Waals surface area contributed by atoms with Gasteiger partial charge in [0.2, 0.25) is 0 Å². The molecule has 1 aromatic carbocycles. The van der Waals surface area contributed by atoms with Gasteiger partial charge < -0.3 is 19.9 Å². The lowest BCUT2D eigenvalue weighted by molar-refractivity contribution is 0.196. The first kappa shape index (κ1) is 16.4. The molecule has 1 atom stereocenters. The number of nitrogens with zero attached hydrogens (tertiary/aromatic N) is 1. The Kier molecular flexibility index (Phi) is 5.86. The van der Waals surface area contributed by atoms with Gasteiger partial charge in [-0.15, -0.1) is 0 Å². The molecule has 0 aliphatic rings. The first-order valence-corrected chi connectivity index (χ1v) is 7.31. The Balaban J connectivity index is 2.11. The first-order valence-electron chi connectivity index (χ1n) is 6.93. The molecule has 0 amide bonds. The fourth-order valence-electron chi connectivity index (χ4n) is 1.99. The van der Waals surface area contributed by atoms with Gasteiger partial charge in [0.15, 0.2) is 11.5 Å². The summed E-state index contributed by atoms with van der Waals surface area (Å²) in [5.74, 6) is 1.98. The summed E-state index contributed by atoms with van der Waals surface area (Å²) in [6.07, 6.45) is 1.60. The summed E-state index contributed by atoms with van der Waals surface area (Å²) in [6.45, 7) is 2.22. The first-order chi connectivity index (χ1) is 10.6. The number of methoxy groups -OCH3 is 1. The molecule has 2 N–H and O–H groups in total. The number of benzene rings is 1. The topological polar surface area (TPSA) is 63.6 Å². The molecule has 2 rings (SSSR count). The number of anilines is 1. The Morgan fingerprint density at radius 2 is 2.09 bits per heavy atom. The zero-order chi connectivity index (χ0) is 15.9. The maximum absolute atomic E-state index is 8.83. The molecule has 2 aromatic rings. The van der Waals surface area contributed by atoms with Crippen LogP contribution < -0.4 is 14.8 Å². The van der Waals surface area contributed by atoms with Crippen LogP contribution in [0.15, 0.2) is 36.5 Å². The molecule has 0 spiro atoms. The van der Waals surface area contributed by atoms with Gasteiger partial charge >= 0.3 is 0 Å². The van der Waals surface area contributed by atoms with Gasteiger partial charge in [-0.1, -0.05) is 17.7 Å². The van der Waals surface area contributed by atoms with Crippen LogP contribution in [0.2, 0.25) is 5.02 Å². The molecule has 5 nitrogen and oxygen atoms in total. The largest absolute Gasteiger partial charge is 0.493 e. The number of aliphatic hydroxyl groups excluding tert-OH is 1. The minimum Gasteiger partial charge on any atom is -0.493 e. The van der Waals surface area contributed by atoms with Crippen LogP contribution >= 0.6 is 11.6 Å². The third kappa shape index (κ3) is 4.26. The number of nitrogens with one attached hydrogen (secondary N) is 1. The van der Waals surface area contributed by atoms with Crippen molar-refractivity contribution in [2.45, 2.75) is 13.0 Å². The van der Waals surface area contributed by atoms with Crippen LogP contribution in [0.4, 0.5) is 5.82 Å². The van der Waals surface area contributed by atoms with Crippen LogP contribution in [0, 0.1) is 0 Å². The van der Waals surface area contributed by atoms with Crippen LogP contribution in [0.3, 0.4) is 0 Å². The number of ether oxygens (including phenoxy) is 2. The lowest BCUT2D eigenvalue weighted by atomic mass is 10.1. The van der Waals surface area contributed by atoms with E-state index in [2.05, 4.69) is 10.3 Å². The number of aromatic nitrogens is 1. The Labute approximate surface area is 134 Å². The van der Waals surface area contributed by atoms with Gasteiger partial charge in [0.25, 0.3) is 0 Å². The highest BCUT2D eigenvalue weighted by molar-refractivity contribution is 6.30. The predicted octanol–water partition coefficient (Wildman–Crippen LogP) is 3.29. The van der Waals surface area contributed by atoms with Crippen LogP contribution in [-0.2, 0) is 0 Å². The van der Waals surface area contributed by atoms with E-state index in [0.717, 1.165) is 11.4 Å². The maximum atomic E-state index is 8.83. The number of hydrogen-bond acceptors (Lipinski definition) is 5. The number of halogens is 1. The van der Waals surface area contributed by atoms with Crippen LogP contribution in [0.25, 0.3) is 0 Å². The van der Waals surface area contributed by atoms with Crippen molar-refractivity contribution in [1.82, 2.24) is 4.98 Å². The monoisotopic (exact) mass is 322 g/mol. The van der Waals surface area contributed by atoms with Gasteiger partial charge in [-0.05, 0) is 36.8 Å². The molecule has 118 valence electrons. The van der Waals surface area contributed by atoms with Crippen molar-refractivity contribution < 1.29 is 14.6 Å². The van der Waals surface area contributed by atoms with E-state index >= 15 is 0 Å². The molecular formula is C16H19ClN2O3. The molecule has 0 bridgehead atoms. The summed E-state index contributed by atoms with van der Waals surface area (Å²) < 4.78 is 10.8. The quantitative estimate of drug-likeness (QED) is 0.819. The SMILES string of the molecule is COc1cc([C@@H](C)Nc2ccc(Cl)cn2)ccc1OCCO. The smallest absolute Gasteiger partial charge is 0.161 e. The molecular weight excluding hydrogens is 304 g/mol. The fourth-order valence-corrected chi connectivity index (χ4v) is 2.11. The van der Waals surface area contributed by atoms with Crippen molar-refractivity contribution in [3.05, 3.63) is 47.1 Å². The van der Waals surface area contributed by atoms with Crippen molar-refractivity contribution in [3.8, 4) is 11.5 Å². The number of hydrogen-bond donors (Lipinski definition) is 2. The van der Waals surface area contributed by atoms with Crippen molar-refractivity contribution >= 4 is 17.4 Å². The molecule has 1 aromatic heterocycles. The fraction of sp³-hybridized carbons (Fsp3) is 0.312. The zero-order valence-corrected chi connectivity index (χ0v) is 13.3. The van der Waals surface area contributed by atoms with Crippen molar-refractivity contribution in [2.24, 2.45) is 0 Å². The highest BCUT2D eigenvalue weighted by atomic mass is 35.5. The molecule has 22 heavy (non-hydrogen) atoms. The van der Waals surface area contributed by atoms with Gasteiger partial charge in [0, 0.05) is 6.20 Å². The van der Waals surface area contributed by atoms with E-state index in [1.807, 2.05) is 31.2 Å². The highest BCUT2D eigenvalue weighted by Gasteiger charge is 2.11. The summed E-state index contributed by atoms with van der Waals surface area (Å²) in [6, 6.07) is 9.33. The molecule has 0 aliphatic heterocycles. The summed E-state index contributed by atoms with van der Waals surface area (Å²) in [5, 5.41) is 12.7. The summed E-state index contributed by atoms with van der Waals surface area (Å²) in [4.78, 5) is 4.22. The second kappa shape index (κ2) is 7.87. The van der Waals surface area contributed by atoms with Crippen molar-refractivity contribution in [1.29, 1.82) is 0 Å². The highest BCUT2D eigenvalue weighted by Crippen LogP contribution is 2.31. The number of pyridine rings is 1. The van der Waals surface area contributed by atoms with E-state index < -0.39 is 0 Å². The second-order valence-corrected chi connectivity index (χ2v) is 5.15. The molecule has 1 heterocycles. The van der Waals surface area contributed by atoms with Crippen LogP contribution in [0.1, 0.15) is 18.5 Å². The lowest BCUT2D eigenvalue weighted by Gasteiger charge is -2.17. The average molecular weight is 323 g/mol. The molecule has 0 saturated carbocycles. The van der Waals surface area contributed by atoms with Gasteiger partial charge in [-0.2, -0.15) is 0 Å². The lowest BCUT2D eigenvalue weighted by Crippen LogP contribution is -2.09. The molecule has 6 heteroatoms. The molecule has 0 saturated heterocycles. The molecule has 0 aliphatic carbocycles. The molecule has 0 radical (unpaired) electrons. The standard InChI is InChI=1S/C16H19ClN2O3/c1-11(19-16-6-4-13(17)10-18-16)12-3-5-14(22-8-7-20)15(9-12)21-2/h3-6,9-11,20H,7-8H2,1-2H3,(H,18,19)/t11-/m1/s1. The zero-order valence-electron chi connectivity index (χ0n) is 12.5. The minimum absolute atomic E-state index is 0.0365. The Hall–Kier alpha value is -1.98. The van der Waals surface area contributed by atoms with Crippen molar-refractivity contribution in [2.75, 3.05) is 25.6 Å². The Morgan fingerprint density at radius 1 is 1.27 bits per heavy atom. The third-order valence-corrected chi connectivity index (χ3v) is 3.35. The van der Waals surface area contributed by atoms with E-state index in [1.165, 1.54) is 0 Å². The predicted molar refractivity (Wildman–Crippen MR) is 86.9 cm³/mol. The van der Waals surface area contributed by atoms with Gasteiger partial charge in [-0.3, -0.25) is 0 Å². The van der Waals surface area contributed by atoms with E-state index in [9.17, 15) is 0 Å². The third-order valence-electron chi connectivity index (χ3n) is 3.13. The van der Waals surface area contributed by atoms with E-state index in [4.69, 9.17) is 26.2 Å². The van der Waals surface area contributed by atoms with E-state index in [-0.39, 0.29) is 19.3 Å². The van der Waals surface area contributed by atoms with Crippen LogP contribution in [-0.4, -0.2) is 30.4 Å². The number of aliphatic hydroxyl groups is 1. The van der Waals surface area contributed by atoms with E-state index in [1.54, 1.807) is 19.4 Å². The van der Waals surface area contributed by atoms with Crippen molar-refractivity contribution in [3.63, 3.8) is 0 Å². The summed E-state index contributed by atoms with van der Waals surface area (Å²) in [5.41, 5.74) is 1.03. The van der Waals surface area contributed by atoms with Gasteiger partial charge in [0.1, 0.15) is 12.4 Å². The number of rotatable bonds is 7. The minimum atomic E-state index is -0.0366. The Morgan fingerprint density at radius 3 is 2.73 bits per heavy atom. The van der Waals surface area contributed by atoms with Gasteiger partial charge in [-0.25, -0.2) is 4.98 Å². The molecule has 0 unspecified atom stereocenters. The average Bonchev–Trinajstić information content (AvgIpc) is 2.54. The summed E-state index contributed by atoms with van der Waals surface area (Å²) in [7, 11) is 1.59. The molecule has 0 fully saturated rings. The van der Waals surface area contributed by atoms with E-state index in [0.29, 0.717) is 16.5 Å². The summed E-state index contributed by atoms with van der Waals surface area (Å²) >= 11 is 5.83. The van der Waals surface area contributed by atoms with Gasteiger partial charge in [0.05, 0.1) is 24.8 Å². The Bertz CT molecular complexity index is 605. The normalized spacial score (nSPS) is 11.8.